The summed E-state index contributed by atoms with van der Waals surface area (Å²) in [7, 11) is -3.67. The van der Waals surface area contributed by atoms with Crippen LogP contribution in [0.15, 0.2) is 70.6 Å². The summed E-state index contributed by atoms with van der Waals surface area (Å²) in [6, 6.07) is 16.6. The van der Waals surface area contributed by atoms with Crippen LogP contribution in [0.5, 0.6) is 0 Å². The average molecular weight is 611 g/mol. The summed E-state index contributed by atoms with van der Waals surface area (Å²) in [5.74, 6) is -0.0963. The standard InChI is InChI=1S/C31H38N4O3S3/c1-4-7-8-12-20-34-30(36)28(40-31(34)39)22-25-23-35(26-15-10-9-11-16-26)32-29(25)24-14-13-17-27(21-24)41(37,38)33(18-5-2)19-6-3/h9-11,13-17,21-23H,4-8,12,18-20H2,1-3H3. The molecule has 0 aliphatic carbocycles. The smallest absolute Gasteiger partial charge is 0.266 e. The number of para-hydroxylation sites is 1. The first-order valence-corrected chi connectivity index (χ1v) is 17.0. The molecule has 7 nitrogen and oxygen atoms in total. The van der Waals surface area contributed by atoms with Gasteiger partial charge in [0.2, 0.25) is 10.0 Å². The Morgan fingerprint density at radius 1 is 0.951 bits per heavy atom. The average Bonchev–Trinajstić information content (AvgIpc) is 3.52. The molecule has 1 aromatic heterocycles. The second kappa shape index (κ2) is 14.4. The van der Waals surface area contributed by atoms with Crippen molar-refractivity contribution in [3.63, 3.8) is 0 Å². The Hall–Kier alpha value is -2.79. The Morgan fingerprint density at radius 2 is 1.68 bits per heavy atom. The van der Waals surface area contributed by atoms with Crippen molar-refractivity contribution in [1.29, 1.82) is 0 Å². The highest BCUT2D eigenvalue weighted by molar-refractivity contribution is 8.26. The van der Waals surface area contributed by atoms with Gasteiger partial charge in [-0.3, -0.25) is 9.69 Å². The number of carbonyl (C=O) groups excluding carboxylic acids is 1. The van der Waals surface area contributed by atoms with Crippen molar-refractivity contribution in [2.75, 3.05) is 19.6 Å². The fourth-order valence-corrected chi connectivity index (χ4v) is 7.73. The van der Waals surface area contributed by atoms with Gasteiger partial charge in [-0.05, 0) is 49.6 Å². The Balaban J connectivity index is 1.74. The number of sulfonamides is 1. The molecule has 1 aliphatic rings. The van der Waals surface area contributed by atoms with Gasteiger partial charge in [0.25, 0.3) is 5.91 Å². The molecule has 0 bridgehead atoms. The fraction of sp³-hybridized carbons (Fsp3) is 0.387. The van der Waals surface area contributed by atoms with E-state index in [9.17, 15) is 13.2 Å². The lowest BCUT2D eigenvalue weighted by molar-refractivity contribution is -0.122. The summed E-state index contributed by atoms with van der Waals surface area (Å²) in [6.45, 7) is 7.66. The van der Waals surface area contributed by atoms with E-state index in [0.717, 1.165) is 44.2 Å². The zero-order chi connectivity index (χ0) is 29.4. The van der Waals surface area contributed by atoms with Crippen LogP contribution in [-0.4, -0.2) is 57.3 Å². The van der Waals surface area contributed by atoms with E-state index < -0.39 is 10.0 Å². The molecule has 0 N–H and O–H groups in total. The number of hydrogen-bond donors (Lipinski definition) is 0. The predicted octanol–water partition coefficient (Wildman–Crippen LogP) is 7.13. The van der Waals surface area contributed by atoms with Gasteiger partial charge in [-0.1, -0.05) is 94.3 Å². The van der Waals surface area contributed by atoms with Crippen molar-refractivity contribution in [3.05, 3.63) is 71.3 Å². The first kappa shape index (κ1) is 31.2. The number of carbonyl (C=O) groups is 1. The van der Waals surface area contributed by atoms with E-state index in [1.807, 2.05) is 62.5 Å². The molecule has 1 aliphatic heterocycles. The summed E-state index contributed by atoms with van der Waals surface area (Å²) >= 11 is 6.86. The van der Waals surface area contributed by atoms with E-state index in [2.05, 4.69) is 6.92 Å². The third-order valence-corrected chi connectivity index (χ3v) is 10.1. The van der Waals surface area contributed by atoms with Gasteiger partial charge in [-0.25, -0.2) is 13.1 Å². The molecular weight excluding hydrogens is 573 g/mol. The highest BCUT2D eigenvalue weighted by Crippen LogP contribution is 2.35. The quantitative estimate of drug-likeness (QED) is 0.110. The number of aromatic nitrogens is 2. The van der Waals surface area contributed by atoms with Gasteiger partial charge in [0, 0.05) is 37.0 Å². The van der Waals surface area contributed by atoms with Gasteiger partial charge < -0.3 is 0 Å². The number of benzene rings is 2. The van der Waals surface area contributed by atoms with Crippen LogP contribution in [0.1, 0.15) is 64.9 Å². The van der Waals surface area contributed by atoms with Gasteiger partial charge in [-0.2, -0.15) is 9.40 Å². The summed E-state index contributed by atoms with van der Waals surface area (Å²) < 4.78 is 31.0. The van der Waals surface area contributed by atoms with Crippen LogP contribution in [0.3, 0.4) is 0 Å². The van der Waals surface area contributed by atoms with Crippen LogP contribution in [0.2, 0.25) is 0 Å². The largest absolute Gasteiger partial charge is 0.293 e. The molecule has 218 valence electrons. The summed E-state index contributed by atoms with van der Waals surface area (Å²) in [5, 5.41) is 4.86. The van der Waals surface area contributed by atoms with Crippen LogP contribution < -0.4 is 0 Å². The Kier molecular flexibility index (Phi) is 10.9. The van der Waals surface area contributed by atoms with Gasteiger partial charge >= 0.3 is 0 Å². The van der Waals surface area contributed by atoms with E-state index in [-0.39, 0.29) is 10.8 Å². The molecule has 3 aromatic rings. The summed E-state index contributed by atoms with van der Waals surface area (Å²) in [4.78, 5) is 15.8. The lowest BCUT2D eigenvalue weighted by Crippen LogP contribution is -2.32. The molecule has 4 rings (SSSR count). The van der Waals surface area contributed by atoms with Crippen LogP contribution in [-0.2, 0) is 14.8 Å². The molecule has 1 amide bonds. The van der Waals surface area contributed by atoms with Crippen LogP contribution >= 0.6 is 24.0 Å². The van der Waals surface area contributed by atoms with Crippen LogP contribution in [0, 0.1) is 0 Å². The van der Waals surface area contributed by atoms with Crippen molar-refractivity contribution in [2.45, 2.75) is 64.2 Å². The number of unbranched alkanes of at least 4 members (excludes halogenated alkanes) is 3. The number of hydrogen-bond acceptors (Lipinski definition) is 6. The molecule has 1 fully saturated rings. The first-order chi connectivity index (χ1) is 19.8. The van der Waals surface area contributed by atoms with Gasteiger partial charge in [0.1, 0.15) is 10.0 Å². The highest BCUT2D eigenvalue weighted by Gasteiger charge is 2.32. The van der Waals surface area contributed by atoms with Crippen molar-refractivity contribution in [1.82, 2.24) is 19.0 Å². The molecule has 0 unspecified atom stereocenters. The third-order valence-electron chi connectivity index (χ3n) is 6.85. The lowest BCUT2D eigenvalue weighted by atomic mass is 10.1. The van der Waals surface area contributed by atoms with E-state index in [4.69, 9.17) is 17.3 Å². The molecule has 41 heavy (non-hydrogen) atoms. The zero-order valence-electron chi connectivity index (χ0n) is 24.0. The molecular formula is C31H38N4O3S3. The Labute approximate surface area is 253 Å². The number of rotatable bonds is 14. The van der Waals surface area contributed by atoms with Crippen molar-refractivity contribution < 1.29 is 13.2 Å². The molecule has 0 saturated carbocycles. The number of thiocarbonyl (C=S) groups is 1. The molecule has 0 atom stereocenters. The second-order valence-electron chi connectivity index (χ2n) is 10.0. The van der Waals surface area contributed by atoms with Crippen molar-refractivity contribution >= 4 is 50.3 Å². The van der Waals surface area contributed by atoms with E-state index in [1.165, 1.54) is 11.8 Å². The lowest BCUT2D eigenvalue weighted by Gasteiger charge is -2.21. The molecule has 0 radical (unpaired) electrons. The fourth-order valence-electron chi connectivity index (χ4n) is 4.76. The minimum Gasteiger partial charge on any atom is -0.293 e. The normalized spacial score (nSPS) is 15.0. The minimum absolute atomic E-state index is 0.0963. The van der Waals surface area contributed by atoms with E-state index in [0.29, 0.717) is 45.7 Å². The van der Waals surface area contributed by atoms with Gasteiger partial charge in [0.05, 0.1) is 15.5 Å². The van der Waals surface area contributed by atoms with Crippen LogP contribution in [0.25, 0.3) is 23.0 Å². The van der Waals surface area contributed by atoms with Crippen LogP contribution in [0.4, 0.5) is 0 Å². The number of nitrogens with zero attached hydrogens (tertiary/aromatic N) is 4. The maximum absolute atomic E-state index is 13.5. The minimum atomic E-state index is -3.67. The summed E-state index contributed by atoms with van der Waals surface area (Å²) in [5.41, 5.74) is 2.83. The Morgan fingerprint density at radius 3 is 2.37 bits per heavy atom. The Bertz CT molecular complexity index is 1490. The highest BCUT2D eigenvalue weighted by atomic mass is 32.2. The van der Waals surface area contributed by atoms with Gasteiger partial charge in [0.15, 0.2) is 0 Å². The molecule has 2 heterocycles. The molecule has 0 spiro atoms. The van der Waals surface area contributed by atoms with Crippen molar-refractivity contribution in [3.8, 4) is 16.9 Å². The number of thioether (sulfide) groups is 1. The van der Waals surface area contributed by atoms with Gasteiger partial charge in [-0.15, -0.1) is 0 Å². The van der Waals surface area contributed by atoms with Crippen molar-refractivity contribution in [2.24, 2.45) is 0 Å². The SMILES string of the molecule is CCCCCCN1C(=O)C(=Cc2cn(-c3ccccc3)nc2-c2cccc(S(=O)(=O)N(CCC)CCC)c2)SC1=S. The van der Waals surface area contributed by atoms with E-state index in [1.54, 1.807) is 32.1 Å². The van der Waals surface area contributed by atoms with E-state index >= 15 is 0 Å². The topological polar surface area (TPSA) is 75.5 Å². The molecule has 1 saturated heterocycles. The molecule has 2 aromatic carbocycles. The second-order valence-corrected chi connectivity index (χ2v) is 13.7. The maximum atomic E-state index is 13.5. The maximum Gasteiger partial charge on any atom is 0.266 e. The summed E-state index contributed by atoms with van der Waals surface area (Å²) in [6.07, 6.45) is 9.42. The monoisotopic (exact) mass is 610 g/mol. The third kappa shape index (κ3) is 7.35. The number of amides is 1. The predicted molar refractivity (Wildman–Crippen MR) is 172 cm³/mol. The zero-order valence-corrected chi connectivity index (χ0v) is 26.4. The first-order valence-electron chi connectivity index (χ1n) is 14.3. The molecule has 10 heteroatoms.